The van der Waals surface area contributed by atoms with Crippen molar-refractivity contribution in [3.05, 3.63) is 0 Å². The maximum Gasteiger partial charge on any atom is 0.240 e. The van der Waals surface area contributed by atoms with Crippen molar-refractivity contribution in [2.45, 2.75) is 38.8 Å². The van der Waals surface area contributed by atoms with Crippen molar-refractivity contribution in [3.63, 3.8) is 0 Å². The molecule has 5 nitrogen and oxygen atoms in total. The van der Waals surface area contributed by atoms with Gasteiger partial charge in [0.15, 0.2) is 9.84 Å². The lowest BCUT2D eigenvalue weighted by Gasteiger charge is -2.29. The first-order chi connectivity index (χ1) is 8.76. The number of hydrogen-bond acceptors (Lipinski definition) is 4. The molecule has 0 radical (unpaired) electrons. The van der Waals surface area contributed by atoms with Crippen molar-refractivity contribution in [2.75, 3.05) is 18.1 Å². The molecule has 0 spiro atoms. The highest BCUT2D eigenvalue weighted by Crippen LogP contribution is 2.19. The van der Waals surface area contributed by atoms with Gasteiger partial charge < -0.3 is 10.6 Å². The lowest BCUT2D eigenvalue weighted by molar-refractivity contribution is -0.134. The van der Waals surface area contributed by atoms with Crippen LogP contribution in [0.25, 0.3) is 0 Å². The maximum atomic E-state index is 12.3. The molecule has 2 N–H and O–H groups in total. The van der Waals surface area contributed by atoms with Gasteiger partial charge in [-0.2, -0.15) is 0 Å². The fourth-order valence-electron chi connectivity index (χ4n) is 2.33. The van der Waals surface area contributed by atoms with E-state index in [-0.39, 0.29) is 30.0 Å². The molecule has 0 saturated carbocycles. The average molecular weight is 286 g/mol. The Bertz CT molecular complexity index is 465. The van der Waals surface area contributed by atoms with Gasteiger partial charge in [0.2, 0.25) is 5.91 Å². The number of hydrogen-bond donors (Lipinski definition) is 1. The summed E-state index contributed by atoms with van der Waals surface area (Å²) in [5.41, 5.74) is 5.88. The molecule has 0 aliphatic carbocycles. The minimum Gasteiger partial charge on any atom is -0.326 e. The maximum absolute atomic E-state index is 12.3. The van der Waals surface area contributed by atoms with Crippen LogP contribution in [0.1, 0.15) is 26.7 Å². The average Bonchev–Trinajstić information content (AvgIpc) is 2.64. The Kier molecular flexibility index (Phi) is 5.39. The lowest BCUT2D eigenvalue weighted by Crippen LogP contribution is -2.49. The van der Waals surface area contributed by atoms with Crippen LogP contribution in [0.5, 0.6) is 0 Å². The van der Waals surface area contributed by atoms with E-state index in [4.69, 9.17) is 12.2 Å². The third-order valence-electron chi connectivity index (χ3n) is 3.24. The Morgan fingerprint density at radius 1 is 1.53 bits per heavy atom. The predicted molar refractivity (Wildman–Crippen MR) is 75.0 cm³/mol. The van der Waals surface area contributed by atoms with Gasteiger partial charge in [0.1, 0.15) is 0 Å². The Hall–Kier alpha value is -1.06. The van der Waals surface area contributed by atoms with Crippen LogP contribution in [0.4, 0.5) is 0 Å². The highest BCUT2D eigenvalue weighted by atomic mass is 32.2. The summed E-state index contributed by atoms with van der Waals surface area (Å²) in [6.07, 6.45) is 6.29. The lowest BCUT2D eigenvalue weighted by atomic mass is 10.0. The van der Waals surface area contributed by atoms with E-state index < -0.39 is 15.9 Å². The molecule has 2 atom stereocenters. The van der Waals surface area contributed by atoms with Crippen LogP contribution in [0.2, 0.25) is 0 Å². The molecule has 1 saturated heterocycles. The fourth-order valence-corrected chi connectivity index (χ4v) is 4.06. The number of amides is 1. The molecule has 1 unspecified atom stereocenters. The Labute approximate surface area is 115 Å². The summed E-state index contributed by atoms with van der Waals surface area (Å²) in [5.74, 6) is 2.59. The zero-order chi connectivity index (χ0) is 14.6. The molecule has 1 fully saturated rings. The van der Waals surface area contributed by atoms with Crippen molar-refractivity contribution in [3.8, 4) is 12.3 Å². The summed E-state index contributed by atoms with van der Waals surface area (Å²) in [5, 5.41) is 0. The fraction of sp³-hybridized carbons (Fsp3) is 0.769. The van der Waals surface area contributed by atoms with Crippen molar-refractivity contribution >= 4 is 15.7 Å². The predicted octanol–water partition coefficient (Wildman–Crippen LogP) is 0.00870. The van der Waals surface area contributed by atoms with Gasteiger partial charge in [0.05, 0.1) is 24.1 Å². The first-order valence-corrected chi connectivity index (χ1v) is 8.29. The van der Waals surface area contributed by atoms with Crippen LogP contribution in [0.15, 0.2) is 0 Å². The molecule has 108 valence electrons. The third kappa shape index (κ3) is 4.51. The SMILES string of the molecule is C#CCN(C(=O)[C@@H](N)CC(C)C)C1CCS(=O)(=O)C1. The van der Waals surface area contributed by atoms with Crippen LogP contribution >= 0.6 is 0 Å². The zero-order valence-corrected chi connectivity index (χ0v) is 12.3. The molecule has 1 rings (SSSR count). The van der Waals surface area contributed by atoms with Gasteiger partial charge in [-0.1, -0.05) is 19.8 Å². The molecule has 0 bridgehead atoms. The van der Waals surface area contributed by atoms with Crippen LogP contribution in [-0.4, -0.2) is 49.4 Å². The number of rotatable bonds is 5. The molecule has 1 aliphatic rings. The van der Waals surface area contributed by atoms with Crippen LogP contribution in [-0.2, 0) is 14.6 Å². The smallest absolute Gasteiger partial charge is 0.240 e. The Morgan fingerprint density at radius 3 is 2.58 bits per heavy atom. The first-order valence-electron chi connectivity index (χ1n) is 6.46. The van der Waals surface area contributed by atoms with E-state index in [2.05, 4.69) is 5.92 Å². The summed E-state index contributed by atoms with van der Waals surface area (Å²) < 4.78 is 23.0. The minimum absolute atomic E-state index is 0.00514. The monoisotopic (exact) mass is 286 g/mol. The van der Waals surface area contributed by atoms with Crippen molar-refractivity contribution in [1.82, 2.24) is 4.90 Å². The third-order valence-corrected chi connectivity index (χ3v) is 4.99. The van der Waals surface area contributed by atoms with Gasteiger partial charge in [-0.15, -0.1) is 6.42 Å². The summed E-state index contributed by atoms with van der Waals surface area (Å²) in [6.45, 7) is 4.09. The van der Waals surface area contributed by atoms with Crippen molar-refractivity contribution < 1.29 is 13.2 Å². The highest BCUT2D eigenvalue weighted by Gasteiger charge is 2.35. The van der Waals surface area contributed by atoms with Gasteiger partial charge >= 0.3 is 0 Å². The molecule has 1 amide bonds. The van der Waals surface area contributed by atoms with Gasteiger partial charge in [-0.05, 0) is 18.8 Å². The number of carbonyl (C=O) groups excluding carboxylic acids is 1. The summed E-state index contributed by atoms with van der Waals surface area (Å²) in [4.78, 5) is 13.7. The van der Waals surface area contributed by atoms with Gasteiger partial charge in [0.25, 0.3) is 0 Å². The van der Waals surface area contributed by atoms with Crippen molar-refractivity contribution in [1.29, 1.82) is 0 Å². The largest absolute Gasteiger partial charge is 0.326 e. The number of sulfone groups is 1. The molecule has 0 aromatic carbocycles. The molecular formula is C13H22N2O3S. The van der Waals surface area contributed by atoms with E-state index >= 15 is 0 Å². The van der Waals surface area contributed by atoms with E-state index in [9.17, 15) is 13.2 Å². The van der Waals surface area contributed by atoms with E-state index in [1.54, 1.807) is 0 Å². The highest BCUT2D eigenvalue weighted by molar-refractivity contribution is 7.91. The Balaban J connectivity index is 2.78. The molecule has 0 aromatic rings. The van der Waals surface area contributed by atoms with Gasteiger partial charge in [0, 0.05) is 6.04 Å². The van der Waals surface area contributed by atoms with Gasteiger partial charge in [-0.25, -0.2) is 8.42 Å². The number of nitrogens with two attached hydrogens (primary N) is 1. The van der Waals surface area contributed by atoms with Crippen LogP contribution in [0, 0.1) is 18.3 Å². The van der Waals surface area contributed by atoms with Crippen molar-refractivity contribution in [2.24, 2.45) is 11.7 Å². The van der Waals surface area contributed by atoms with E-state index in [1.165, 1.54) is 4.90 Å². The molecule has 19 heavy (non-hydrogen) atoms. The Morgan fingerprint density at radius 2 is 2.16 bits per heavy atom. The second kappa shape index (κ2) is 6.40. The molecule has 0 aromatic heterocycles. The topological polar surface area (TPSA) is 80.5 Å². The zero-order valence-electron chi connectivity index (χ0n) is 11.5. The number of nitrogens with zero attached hydrogens (tertiary/aromatic N) is 1. The minimum atomic E-state index is -3.04. The second-order valence-corrected chi connectivity index (χ2v) is 7.69. The molecule has 1 heterocycles. The quantitative estimate of drug-likeness (QED) is 0.722. The van der Waals surface area contributed by atoms with E-state index in [0.717, 1.165) is 0 Å². The molecule has 6 heteroatoms. The van der Waals surface area contributed by atoms with E-state index in [1.807, 2.05) is 13.8 Å². The first kappa shape index (κ1) is 16.0. The number of carbonyl (C=O) groups is 1. The molecular weight excluding hydrogens is 264 g/mol. The second-order valence-electron chi connectivity index (χ2n) is 5.46. The van der Waals surface area contributed by atoms with Gasteiger partial charge in [-0.3, -0.25) is 4.79 Å². The number of terminal acetylenes is 1. The molecule has 1 aliphatic heterocycles. The standard InChI is InChI=1S/C13H22N2O3S/c1-4-6-15(11-5-7-19(17,18)9-11)13(16)12(14)8-10(2)3/h1,10-12H,5-9,14H2,2-3H3/t11?,12-/m0/s1. The van der Waals surface area contributed by atoms with Crippen LogP contribution in [0.3, 0.4) is 0 Å². The van der Waals surface area contributed by atoms with E-state index in [0.29, 0.717) is 18.8 Å². The summed E-state index contributed by atoms with van der Waals surface area (Å²) >= 11 is 0. The normalized spacial score (nSPS) is 23.0. The summed E-state index contributed by atoms with van der Waals surface area (Å²) in [6, 6.07) is -0.941. The summed E-state index contributed by atoms with van der Waals surface area (Å²) in [7, 11) is -3.04. The van der Waals surface area contributed by atoms with Crippen LogP contribution < -0.4 is 5.73 Å².